The van der Waals surface area contributed by atoms with Crippen LogP contribution in [0.2, 0.25) is 0 Å². The summed E-state index contributed by atoms with van der Waals surface area (Å²) in [6, 6.07) is 16.8. The molecule has 0 spiro atoms. The van der Waals surface area contributed by atoms with Gasteiger partial charge in [0.15, 0.2) is 0 Å². The number of halogens is 3. The minimum Gasteiger partial charge on any atom is -0.325 e. The Morgan fingerprint density at radius 3 is 2.14 bits per heavy atom. The summed E-state index contributed by atoms with van der Waals surface area (Å²) in [6.07, 6.45) is 0.412. The Balaban J connectivity index is 1.89. The molecule has 1 N–H and O–H groups in total. The van der Waals surface area contributed by atoms with Gasteiger partial charge in [0.25, 0.3) is 0 Å². The highest BCUT2D eigenvalue weighted by Gasteiger charge is 2.72. The van der Waals surface area contributed by atoms with Crippen molar-refractivity contribution in [1.82, 2.24) is 0 Å². The van der Waals surface area contributed by atoms with Crippen molar-refractivity contribution in [3.05, 3.63) is 64.6 Å². The molecular formula is C16H12BrCl2NO. The van der Waals surface area contributed by atoms with Crippen molar-refractivity contribution in [1.29, 1.82) is 0 Å². The fourth-order valence-corrected chi connectivity index (χ4v) is 3.53. The maximum Gasteiger partial charge on any atom is 0.238 e. The molecule has 2 nitrogen and oxygen atoms in total. The molecule has 3 rings (SSSR count). The molecule has 0 aromatic heterocycles. The second-order valence-corrected chi connectivity index (χ2v) is 7.51. The van der Waals surface area contributed by atoms with Gasteiger partial charge in [-0.25, -0.2) is 0 Å². The smallest absolute Gasteiger partial charge is 0.238 e. The predicted octanol–water partition coefficient (Wildman–Crippen LogP) is 4.90. The second-order valence-electron chi connectivity index (χ2n) is 5.11. The maximum absolute atomic E-state index is 12.7. The van der Waals surface area contributed by atoms with Gasteiger partial charge >= 0.3 is 0 Å². The third-order valence-corrected chi connectivity index (χ3v) is 5.18. The summed E-state index contributed by atoms with van der Waals surface area (Å²) in [6.45, 7) is 0. The van der Waals surface area contributed by atoms with Crippen LogP contribution in [0.15, 0.2) is 59.1 Å². The zero-order valence-corrected chi connectivity index (χ0v) is 14.0. The molecule has 0 radical (unpaired) electrons. The third-order valence-electron chi connectivity index (χ3n) is 3.74. The quantitative estimate of drug-likeness (QED) is 0.749. The minimum atomic E-state index is -1.06. The Labute approximate surface area is 141 Å². The Morgan fingerprint density at radius 2 is 1.62 bits per heavy atom. The number of carbonyl (C=O) groups excluding carboxylic acids is 1. The summed E-state index contributed by atoms with van der Waals surface area (Å²) in [5.41, 5.74) is 0.670. The van der Waals surface area contributed by atoms with Crippen LogP contribution in [0.1, 0.15) is 12.0 Å². The number of benzene rings is 2. The zero-order chi connectivity index (χ0) is 15.1. The average Bonchev–Trinajstić information content (AvgIpc) is 3.07. The lowest BCUT2D eigenvalue weighted by Gasteiger charge is -2.18. The number of nitrogens with one attached hydrogen (secondary N) is 1. The average molecular weight is 385 g/mol. The first-order valence-electron chi connectivity index (χ1n) is 6.46. The molecule has 0 bridgehead atoms. The van der Waals surface area contributed by atoms with E-state index in [0.29, 0.717) is 6.42 Å². The first-order valence-corrected chi connectivity index (χ1v) is 8.01. The molecular weight excluding hydrogens is 373 g/mol. The summed E-state index contributed by atoms with van der Waals surface area (Å²) in [5, 5.41) is 2.90. The summed E-state index contributed by atoms with van der Waals surface area (Å²) < 4.78 is -0.109. The molecule has 108 valence electrons. The number of alkyl halides is 2. The fourth-order valence-electron chi connectivity index (χ4n) is 2.47. The van der Waals surface area contributed by atoms with E-state index in [1.807, 2.05) is 54.6 Å². The van der Waals surface area contributed by atoms with E-state index < -0.39 is 9.75 Å². The monoisotopic (exact) mass is 383 g/mol. The lowest BCUT2D eigenvalue weighted by Crippen LogP contribution is -2.32. The molecule has 0 saturated heterocycles. The van der Waals surface area contributed by atoms with Crippen molar-refractivity contribution in [2.75, 3.05) is 5.32 Å². The Hall–Kier alpha value is -1.03. The van der Waals surface area contributed by atoms with Gasteiger partial charge in [-0.1, -0.05) is 46.3 Å². The van der Waals surface area contributed by atoms with Crippen LogP contribution in [0, 0.1) is 0 Å². The fraction of sp³-hybridized carbons (Fsp3) is 0.188. The Bertz CT molecular complexity index is 672. The van der Waals surface area contributed by atoms with Gasteiger partial charge in [0, 0.05) is 16.6 Å². The number of hydrogen-bond acceptors (Lipinski definition) is 1. The minimum absolute atomic E-state index is 0.180. The topological polar surface area (TPSA) is 29.1 Å². The molecule has 0 heterocycles. The van der Waals surface area contributed by atoms with Gasteiger partial charge in [-0.2, -0.15) is 0 Å². The van der Waals surface area contributed by atoms with E-state index in [1.54, 1.807) is 0 Å². The molecule has 21 heavy (non-hydrogen) atoms. The van der Waals surface area contributed by atoms with Gasteiger partial charge < -0.3 is 5.32 Å². The van der Waals surface area contributed by atoms with Gasteiger partial charge in [-0.15, -0.1) is 23.2 Å². The number of anilines is 1. The standard InChI is InChI=1S/C16H12BrCl2NO/c17-12-6-8-13(9-7-12)20-14(21)15(10-16(15,18)19)11-4-2-1-3-5-11/h1-9H,10H2,(H,20,21). The second kappa shape index (κ2) is 5.31. The van der Waals surface area contributed by atoms with Crippen molar-refractivity contribution in [3.8, 4) is 0 Å². The van der Waals surface area contributed by atoms with Gasteiger partial charge in [-0.3, -0.25) is 4.79 Å². The van der Waals surface area contributed by atoms with Crippen LogP contribution in [0.5, 0.6) is 0 Å². The van der Waals surface area contributed by atoms with Crippen LogP contribution in [0.4, 0.5) is 5.69 Å². The van der Waals surface area contributed by atoms with Crippen LogP contribution in [0.25, 0.3) is 0 Å². The summed E-state index contributed by atoms with van der Waals surface area (Å²) in [5.74, 6) is -0.180. The predicted molar refractivity (Wildman–Crippen MR) is 89.9 cm³/mol. The summed E-state index contributed by atoms with van der Waals surface area (Å²) in [7, 11) is 0. The van der Waals surface area contributed by atoms with Crippen LogP contribution in [-0.2, 0) is 10.2 Å². The maximum atomic E-state index is 12.7. The van der Waals surface area contributed by atoms with Crippen molar-refractivity contribution in [2.24, 2.45) is 0 Å². The van der Waals surface area contributed by atoms with E-state index in [9.17, 15) is 4.79 Å². The van der Waals surface area contributed by atoms with Crippen LogP contribution in [0.3, 0.4) is 0 Å². The molecule has 1 amide bonds. The molecule has 1 saturated carbocycles. The van der Waals surface area contributed by atoms with Gasteiger partial charge in [0.2, 0.25) is 5.91 Å². The molecule has 1 aliphatic rings. The van der Waals surface area contributed by atoms with Crippen molar-refractivity contribution in [3.63, 3.8) is 0 Å². The van der Waals surface area contributed by atoms with Gasteiger partial charge in [0.1, 0.15) is 9.75 Å². The number of rotatable bonds is 3. The molecule has 1 fully saturated rings. The van der Waals surface area contributed by atoms with E-state index in [2.05, 4.69) is 21.2 Å². The molecule has 2 aromatic carbocycles. The summed E-state index contributed by atoms with van der Waals surface area (Å²) in [4.78, 5) is 12.7. The van der Waals surface area contributed by atoms with Crippen LogP contribution in [-0.4, -0.2) is 10.2 Å². The molecule has 1 unspecified atom stereocenters. The highest BCUT2D eigenvalue weighted by molar-refractivity contribution is 9.10. The first-order chi connectivity index (χ1) is 9.96. The molecule has 5 heteroatoms. The van der Waals surface area contributed by atoms with Crippen molar-refractivity contribution < 1.29 is 4.79 Å². The summed E-state index contributed by atoms with van der Waals surface area (Å²) >= 11 is 15.9. The van der Waals surface area contributed by atoms with Crippen molar-refractivity contribution in [2.45, 2.75) is 16.2 Å². The molecule has 1 aliphatic carbocycles. The third kappa shape index (κ3) is 2.59. The van der Waals surface area contributed by atoms with Crippen LogP contribution < -0.4 is 5.32 Å². The first kappa shape index (κ1) is 14.9. The number of hydrogen-bond donors (Lipinski definition) is 1. The highest BCUT2D eigenvalue weighted by atomic mass is 79.9. The number of carbonyl (C=O) groups is 1. The largest absolute Gasteiger partial charge is 0.325 e. The lowest BCUT2D eigenvalue weighted by atomic mass is 9.94. The normalized spacial score (nSPS) is 22.6. The lowest BCUT2D eigenvalue weighted by molar-refractivity contribution is -0.118. The molecule has 1 atom stereocenters. The van der Waals surface area contributed by atoms with E-state index in [1.165, 1.54) is 0 Å². The number of amides is 1. The Morgan fingerprint density at radius 1 is 1.05 bits per heavy atom. The van der Waals surface area contributed by atoms with E-state index in [4.69, 9.17) is 23.2 Å². The van der Waals surface area contributed by atoms with E-state index in [0.717, 1.165) is 15.7 Å². The highest BCUT2D eigenvalue weighted by Crippen LogP contribution is 2.65. The van der Waals surface area contributed by atoms with E-state index >= 15 is 0 Å². The van der Waals surface area contributed by atoms with Gasteiger partial charge in [-0.05, 0) is 29.8 Å². The SMILES string of the molecule is O=C(Nc1ccc(Br)cc1)C1(c2ccccc2)CC1(Cl)Cl. The zero-order valence-electron chi connectivity index (χ0n) is 10.9. The van der Waals surface area contributed by atoms with Crippen molar-refractivity contribution >= 4 is 50.7 Å². The Kier molecular flexibility index (Phi) is 3.76. The molecule has 2 aromatic rings. The molecule has 0 aliphatic heterocycles. The van der Waals surface area contributed by atoms with Crippen LogP contribution >= 0.6 is 39.1 Å². The van der Waals surface area contributed by atoms with Gasteiger partial charge in [0.05, 0.1) is 0 Å². The van der Waals surface area contributed by atoms with E-state index in [-0.39, 0.29) is 5.91 Å².